The fraction of sp³-hybridized carbons (Fsp3) is 0.385. The van der Waals surface area contributed by atoms with Crippen molar-refractivity contribution in [1.29, 1.82) is 0 Å². The van der Waals surface area contributed by atoms with Gasteiger partial charge in [-0.05, 0) is 25.2 Å². The lowest BCUT2D eigenvalue weighted by molar-refractivity contribution is -0.119. The van der Waals surface area contributed by atoms with E-state index >= 15 is 0 Å². The molecule has 0 fully saturated rings. The van der Waals surface area contributed by atoms with Crippen LogP contribution in [0.2, 0.25) is 5.02 Å². The molecule has 0 bridgehead atoms. The van der Waals surface area contributed by atoms with Crippen LogP contribution < -0.4 is 10.6 Å². The van der Waals surface area contributed by atoms with E-state index < -0.39 is 5.97 Å². The van der Waals surface area contributed by atoms with Crippen molar-refractivity contribution >= 4 is 41.6 Å². The van der Waals surface area contributed by atoms with Crippen LogP contribution in [-0.2, 0) is 9.53 Å². The molecular weight excluding hydrogens is 303 g/mol. The van der Waals surface area contributed by atoms with Crippen LogP contribution in [0.4, 0.5) is 5.69 Å². The third-order valence-corrected chi connectivity index (χ3v) is 2.91. The average Bonchev–Trinajstić information content (AvgIpc) is 2.38. The van der Waals surface area contributed by atoms with Gasteiger partial charge < -0.3 is 15.4 Å². The van der Waals surface area contributed by atoms with E-state index in [-0.39, 0.29) is 34.8 Å². The molecule has 1 rings (SSSR count). The maximum atomic E-state index is 11.8. The topological polar surface area (TPSA) is 67.4 Å². The summed E-state index contributed by atoms with van der Waals surface area (Å²) in [6.07, 6.45) is 0. The summed E-state index contributed by atoms with van der Waals surface area (Å²) in [6.45, 7) is 2.40. The maximum Gasteiger partial charge on any atom is 0.339 e. The Morgan fingerprint density at radius 3 is 2.55 bits per heavy atom. The highest BCUT2D eigenvalue weighted by Gasteiger charge is 2.14. The van der Waals surface area contributed by atoms with Gasteiger partial charge in [-0.3, -0.25) is 4.79 Å². The number of esters is 1. The third kappa shape index (κ3) is 5.00. The van der Waals surface area contributed by atoms with Gasteiger partial charge in [0.25, 0.3) is 0 Å². The molecule has 112 valence electrons. The van der Waals surface area contributed by atoms with Crippen LogP contribution in [0.15, 0.2) is 18.2 Å². The lowest BCUT2D eigenvalue weighted by atomic mass is 10.1. The Bertz CT molecular complexity index is 481. The van der Waals surface area contributed by atoms with Gasteiger partial charge in [0.2, 0.25) is 5.91 Å². The Morgan fingerprint density at radius 2 is 2.05 bits per heavy atom. The molecule has 0 aliphatic heterocycles. The van der Waals surface area contributed by atoms with Crippen LogP contribution in [0.1, 0.15) is 17.3 Å². The molecule has 0 saturated carbocycles. The predicted molar refractivity (Wildman–Crippen MR) is 81.8 cm³/mol. The highest BCUT2D eigenvalue weighted by Crippen LogP contribution is 2.22. The first-order valence-corrected chi connectivity index (χ1v) is 6.20. The second kappa shape index (κ2) is 8.79. The summed E-state index contributed by atoms with van der Waals surface area (Å²) in [6, 6.07) is 4.66. The minimum Gasteiger partial charge on any atom is -0.465 e. The van der Waals surface area contributed by atoms with E-state index in [4.69, 9.17) is 11.6 Å². The van der Waals surface area contributed by atoms with Crippen molar-refractivity contribution in [3.05, 3.63) is 28.8 Å². The Labute approximate surface area is 129 Å². The van der Waals surface area contributed by atoms with E-state index in [0.29, 0.717) is 12.2 Å². The van der Waals surface area contributed by atoms with Crippen LogP contribution in [0.5, 0.6) is 0 Å². The minimum absolute atomic E-state index is 0. The molecule has 1 aromatic rings. The fourth-order valence-electron chi connectivity index (χ4n) is 1.53. The van der Waals surface area contributed by atoms with Crippen molar-refractivity contribution in [2.45, 2.75) is 6.92 Å². The maximum absolute atomic E-state index is 11.8. The summed E-state index contributed by atoms with van der Waals surface area (Å²) in [5.41, 5.74) is 0.816. The first kappa shape index (κ1) is 18.7. The van der Waals surface area contributed by atoms with Crippen molar-refractivity contribution in [3.8, 4) is 0 Å². The number of carbonyl (C=O) groups excluding carboxylic acids is 2. The number of carbonyl (C=O) groups is 2. The van der Waals surface area contributed by atoms with Crippen molar-refractivity contribution in [1.82, 2.24) is 5.32 Å². The number of nitrogens with one attached hydrogen (secondary N) is 2. The van der Waals surface area contributed by atoms with Crippen molar-refractivity contribution in [2.75, 3.05) is 26.0 Å². The summed E-state index contributed by atoms with van der Waals surface area (Å²) in [5.74, 6) is -0.785. The van der Waals surface area contributed by atoms with Gasteiger partial charge >= 0.3 is 5.97 Å². The molecule has 5 nitrogen and oxygen atoms in total. The molecule has 0 aliphatic rings. The number of hydrogen-bond acceptors (Lipinski definition) is 4. The summed E-state index contributed by atoms with van der Waals surface area (Å²) >= 11 is 5.96. The number of rotatable bonds is 5. The predicted octanol–water partition coefficient (Wildman–Crippen LogP) is 2.34. The number of methoxy groups -OCH3 is 1. The zero-order valence-corrected chi connectivity index (χ0v) is 13.1. The number of halogens is 2. The van der Waals surface area contributed by atoms with E-state index in [2.05, 4.69) is 15.4 Å². The highest BCUT2D eigenvalue weighted by molar-refractivity contribution is 6.34. The molecule has 1 unspecified atom stereocenters. The summed E-state index contributed by atoms with van der Waals surface area (Å²) in [4.78, 5) is 23.2. The average molecular weight is 321 g/mol. The minimum atomic E-state index is -0.508. The zero-order chi connectivity index (χ0) is 14.4. The van der Waals surface area contributed by atoms with Gasteiger partial charge in [-0.1, -0.05) is 18.5 Å². The Balaban J connectivity index is 0.00000361. The van der Waals surface area contributed by atoms with Gasteiger partial charge in [0.05, 0.1) is 17.7 Å². The van der Waals surface area contributed by atoms with Crippen LogP contribution >= 0.6 is 24.0 Å². The van der Waals surface area contributed by atoms with E-state index in [1.807, 2.05) is 6.92 Å². The number of hydrogen-bond donors (Lipinski definition) is 2. The van der Waals surface area contributed by atoms with Crippen molar-refractivity contribution in [3.63, 3.8) is 0 Å². The second-order valence-electron chi connectivity index (χ2n) is 4.13. The molecule has 0 saturated heterocycles. The van der Waals surface area contributed by atoms with Gasteiger partial charge in [0.15, 0.2) is 0 Å². The molecule has 0 spiro atoms. The van der Waals surface area contributed by atoms with Gasteiger partial charge in [0, 0.05) is 18.2 Å². The van der Waals surface area contributed by atoms with Crippen LogP contribution in [0.3, 0.4) is 0 Å². The molecule has 0 aromatic heterocycles. The molecule has 7 heteroatoms. The molecule has 1 atom stereocenters. The fourth-order valence-corrected chi connectivity index (χ4v) is 1.79. The normalized spacial score (nSPS) is 11.2. The highest BCUT2D eigenvalue weighted by atomic mass is 35.5. The molecule has 0 aliphatic carbocycles. The largest absolute Gasteiger partial charge is 0.465 e. The molecule has 20 heavy (non-hydrogen) atoms. The molecule has 1 aromatic carbocycles. The van der Waals surface area contributed by atoms with E-state index in [1.165, 1.54) is 19.2 Å². The van der Waals surface area contributed by atoms with Gasteiger partial charge in [0.1, 0.15) is 0 Å². The van der Waals surface area contributed by atoms with Gasteiger partial charge in [-0.15, -0.1) is 12.4 Å². The Morgan fingerprint density at radius 1 is 1.40 bits per heavy atom. The number of amides is 1. The lowest BCUT2D eigenvalue weighted by Crippen LogP contribution is -2.28. The van der Waals surface area contributed by atoms with Crippen LogP contribution in [0.25, 0.3) is 0 Å². The van der Waals surface area contributed by atoms with E-state index in [0.717, 1.165) is 0 Å². The monoisotopic (exact) mass is 320 g/mol. The van der Waals surface area contributed by atoms with Crippen molar-refractivity contribution < 1.29 is 14.3 Å². The number of benzene rings is 1. The van der Waals surface area contributed by atoms with E-state index in [9.17, 15) is 9.59 Å². The lowest BCUT2D eigenvalue weighted by Gasteiger charge is -2.12. The van der Waals surface area contributed by atoms with Gasteiger partial charge in [-0.2, -0.15) is 0 Å². The molecule has 0 radical (unpaired) electrons. The summed E-state index contributed by atoms with van der Waals surface area (Å²) in [5, 5.41) is 5.91. The smallest absolute Gasteiger partial charge is 0.339 e. The van der Waals surface area contributed by atoms with Crippen LogP contribution in [-0.4, -0.2) is 32.6 Å². The Hall–Kier alpha value is -1.30. The summed E-state index contributed by atoms with van der Waals surface area (Å²) in [7, 11) is 3.07. The summed E-state index contributed by atoms with van der Waals surface area (Å²) < 4.78 is 4.59. The van der Waals surface area contributed by atoms with E-state index in [1.54, 1.807) is 13.1 Å². The van der Waals surface area contributed by atoms with Gasteiger partial charge in [-0.25, -0.2) is 4.79 Å². The Kier molecular flexibility index (Phi) is 8.22. The number of anilines is 1. The SMILES string of the molecule is CNCC(C)C(=O)Nc1ccc(C(=O)OC)c(Cl)c1.Cl. The second-order valence-corrected chi connectivity index (χ2v) is 4.54. The molecule has 1 amide bonds. The first-order valence-electron chi connectivity index (χ1n) is 5.83. The van der Waals surface area contributed by atoms with Crippen molar-refractivity contribution in [2.24, 2.45) is 5.92 Å². The molecular formula is C13H18Cl2N2O3. The third-order valence-electron chi connectivity index (χ3n) is 2.60. The quantitative estimate of drug-likeness (QED) is 0.817. The number of ether oxygens (including phenoxy) is 1. The first-order chi connectivity index (χ1) is 8.99. The zero-order valence-electron chi connectivity index (χ0n) is 11.5. The molecule has 0 heterocycles. The molecule has 2 N–H and O–H groups in total. The van der Waals surface area contributed by atoms with Crippen LogP contribution in [0, 0.1) is 5.92 Å². The standard InChI is InChI=1S/C13H17ClN2O3.ClH/c1-8(7-15-2)12(17)16-9-4-5-10(11(14)6-9)13(18)19-3;/h4-6,8,15H,7H2,1-3H3,(H,16,17);1H.